The van der Waals surface area contributed by atoms with Gasteiger partial charge in [0.15, 0.2) is 25.0 Å². The molecule has 0 aliphatic heterocycles. The Bertz CT molecular complexity index is 865. The second-order valence-corrected chi connectivity index (χ2v) is 32.4. The highest BCUT2D eigenvalue weighted by atomic mass is 28.4. The van der Waals surface area contributed by atoms with E-state index in [1.807, 2.05) is 0 Å². The number of allylic oxidation sites excluding steroid dienone is 1. The molecule has 3 unspecified atom stereocenters. The van der Waals surface area contributed by atoms with Crippen LogP contribution in [0.5, 0.6) is 0 Å². The third-order valence-corrected chi connectivity index (χ3v) is 12.6. The summed E-state index contributed by atoms with van der Waals surface area (Å²) in [4.78, 5) is 14.0. The summed E-state index contributed by atoms with van der Waals surface area (Å²) in [5, 5.41) is 3.33. The molecule has 0 heterocycles. The maximum Gasteiger partial charge on any atom is 0.249 e. The lowest BCUT2D eigenvalue weighted by Gasteiger charge is -2.36. The molecule has 3 atom stereocenters. The molecular weight excluding hydrogens is 703 g/mol. The summed E-state index contributed by atoms with van der Waals surface area (Å²) in [7, 11) is -5.87. The first kappa shape index (κ1) is 52.7. The van der Waals surface area contributed by atoms with Crippen molar-refractivity contribution in [2.45, 2.75) is 271 Å². The average Bonchev–Trinajstić information content (AvgIpc) is 3.05. The van der Waals surface area contributed by atoms with E-state index < -0.39 is 37.3 Å². The summed E-state index contributed by atoms with van der Waals surface area (Å²) < 4.78 is 20.0. The largest absolute Gasteiger partial charge is 0.407 e. The van der Waals surface area contributed by atoms with Crippen LogP contribution in [0.15, 0.2) is 12.2 Å². The minimum atomic E-state index is -2.00. The molecule has 0 aliphatic carbocycles. The van der Waals surface area contributed by atoms with Gasteiger partial charge in [-0.15, -0.1) is 0 Å². The van der Waals surface area contributed by atoms with E-state index in [9.17, 15) is 4.79 Å². The molecule has 1 N–H and O–H groups in total. The molecule has 0 rings (SSSR count). The Hall–Kier alpha value is -0.259. The Kier molecular flexibility index (Phi) is 32.6. The van der Waals surface area contributed by atoms with Crippen molar-refractivity contribution < 1.29 is 18.1 Å². The van der Waals surface area contributed by atoms with Crippen LogP contribution < -0.4 is 5.32 Å². The Morgan fingerprint density at radius 1 is 0.472 bits per heavy atom. The quantitative estimate of drug-likeness (QED) is 0.0293. The molecule has 316 valence electrons. The first-order valence-corrected chi connectivity index (χ1v) is 33.3. The predicted molar refractivity (Wildman–Crippen MR) is 243 cm³/mol. The van der Waals surface area contributed by atoms with Crippen LogP contribution >= 0.6 is 0 Å². The molecule has 0 saturated carbocycles. The number of nitrogens with one attached hydrogen (secondary N) is 1. The van der Waals surface area contributed by atoms with Crippen LogP contribution in [0, 0.1) is 0 Å². The second kappa shape index (κ2) is 32.8. The maximum absolute atomic E-state index is 14.0. The van der Waals surface area contributed by atoms with Crippen molar-refractivity contribution in [1.82, 2.24) is 5.32 Å². The highest BCUT2D eigenvalue weighted by Gasteiger charge is 2.35. The molecule has 0 spiro atoms. The van der Waals surface area contributed by atoms with Crippen LogP contribution in [0.4, 0.5) is 0 Å². The van der Waals surface area contributed by atoms with Crippen LogP contribution in [0.2, 0.25) is 58.9 Å². The van der Waals surface area contributed by atoms with Gasteiger partial charge in [-0.2, -0.15) is 0 Å². The number of carbonyl (C=O) groups is 1. The summed E-state index contributed by atoms with van der Waals surface area (Å²) in [6.45, 7) is 24.4. The number of carbonyl (C=O) groups excluding carboxylic acids is 1. The van der Waals surface area contributed by atoms with E-state index >= 15 is 0 Å². The molecular formula is C45H95NO4Si3. The van der Waals surface area contributed by atoms with Gasteiger partial charge in [-0.1, -0.05) is 187 Å². The summed E-state index contributed by atoms with van der Waals surface area (Å²) in [5.74, 6) is -0.0380. The number of hydrogen-bond donors (Lipinski definition) is 1. The molecule has 0 aromatic heterocycles. The van der Waals surface area contributed by atoms with Gasteiger partial charge in [-0.3, -0.25) is 4.79 Å². The van der Waals surface area contributed by atoms with Gasteiger partial charge in [-0.05, 0) is 78.2 Å². The standard InChI is InChI=1S/C45H95NO4Si3/c1-12-14-16-18-20-22-24-26-27-29-30-32-34-36-38-40-42(48-51(3,4)5)44(47)46-45(50-53(9,10)11)43(49-52(6,7)8)41-39-37-35-33-31-28-25-23-21-19-17-15-13-2/h39,41-43,45H,12-38,40H2,1-11H3,(H,46,47)/b41-39+. The van der Waals surface area contributed by atoms with Crippen molar-refractivity contribution in [1.29, 1.82) is 0 Å². The van der Waals surface area contributed by atoms with Gasteiger partial charge in [0.2, 0.25) is 5.91 Å². The molecule has 0 radical (unpaired) electrons. The van der Waals surface area contributed by atoms with Crippen LogP contribution in [-0.4, -0.2) is 49.3 Å². The zero-order valence-corrected chi connectivity index (χ0v) is 40.8. The molecule has 0 fully saturated rings. The van der Waals surface area contributed by atoms with Gasteiger partial charge in [-0.25, -0.2) is 0 Å². The van der Waals surface area contributed by atoms with Crippen molar-refractivity contribution in [3.05, 3.63) is 12.2 Å². The lowest BCUT2D eigenvalue weighted by Crippen LogP contribution is -2.55. The highest BCUT2D eigenvalue weighted by Crippen LogP contribution is 2.21. The topological polar surface area (TPSA) is 56.8 Å². The SMILES string of the molecule is CCCCCCCCCCCCC/C=C/C(O[Si](C)(C)C)C(NC(=O)C(CCCCCCCCCCCCCCCCC)O[Si](C)(C)C)O[Si](C)(C)C. The third kappa shape index (κ3) is 37.1. The average molecular weight is 799 g/mol. The predicted octanol–water partition coefficient (Wildman–Crippen LogP) is 15.2. The molecule has 0 saturated heterocycles. The van der Waals surface area contributed by atoms with Crippen LogP contribution in [0.1, 0.15) is 194 Å². The molecule has 0 aromatic rings. The van der Waals surface area contributed by atoms with Gasteiger partial charge in [0, 0.05) is 0 Å². The summed E-state index contributed by atoms with van der Waals surface area (Å²) in [6, 6.07) is 0. The normalized spacial score (nSPS) is 14.5. The lowest BCUT2D eigenvalue weighted by molar-refractivity contribution is -0.133. The Balaban J connectivity index is 4.99. The first-order valence-electron chi connectivity index (χ1n) is 23.1. The van der Waals surface area contributed by atoms with Crippen molar-refractivity contribution >= 4 is 30.9 Å². The van der Waals surface area contributed by atoms with Crippen molar-refractivity contribution in [3.8, 4) is 0 Å². The zero-order valence-electron chi connectivity index (χ0n) is 37.8. The van der Waals surface area contributed by atoms with Crippen molar-refractivity contribution in [3.63, 3.8) is 0 Å². The van der Waals surface area contributed by atoms with E-state index in [0.717, 1.165) is 25.7 Å². The van der Waals surface area contributed by atoms with E-state index in [1.54, 1.807) is 0 Å². The summed E-state index contributed by atoms with van der Waals surface area (Å²) in [6.07, 6.45) is 40.0. The van der Waals surface area contributed by atoms with Gasteiger partial charge in [0.05, 0.1) is 0 Å². The molecule has 0 bridgehead atoms. The van der Waals surface area contributed by atoms with E-state index in [2.05, 4.69) is 90.2 Å². The fourth-order valence-electron chi connectivity index (χ4n) is 6.93. The first-order chi connectivity index (χ1) is 25.1. The number of amides is 1. The fraction of sp³-hybridized carbons (Fsp3) is 0.933. The van der Waals surface area contributed by atoms with Crippen LogP contribution in [0.25, 0.3) is 0 Å². The Labute approximate surface area is 336 Å². The highest BCUT2D eigenvalue weighted by molar-refractivity contribution is 6.70. The smallest absolute Gasteiger partial charge is 0.249 e. The van der Waals surface area contributed by atoms with Crippen LogP contribution in [0.3, 0.4) is 0 Å². The van der Waals surface area contributed by atoms with E-state index in [1.165, 1.54) is 154 Å². The number of hydrogen-bond acceptors (Lipinski definition) is 4. The van der Waals surface area contributed by atoms with Gasteiger partial charge < -0.3 is 18.6 Å². The summed E-state index contributed by atoms with van der Waals surface area (Å²) in [5.41, 5.74) is 0. The summed E-state index contributed by atoms with van der Waals surface area (Å²) >= 11 is 0. The van der Waals surface area contributed by atoms with Gasteiger partial charge in [0.25, 0.3) is 0 Å². The van der Waals surface area contributed by atoms with Gasteiger partial charge >= 0.3 is 0 Å². The van der Waals surface area contributed by atoms with Crippen molar-refractivity contribution in [2.75, 3.05) is 0 Å². The van der Waals surface area contributed by atoms with E-state index in [0.29, 0.717) is 0 Å². The molecule has 0 aromatic carbocycles. The maximum atomic E-state index is 14.0. The molecule has 0 aliphatic rings. The Morgan fingerprint density at radius 2 is 0.811 bits per heavy atom. The minimum Gasteiger partial charge on any atom is -0.407 e. The molecule has 5 nitrogen and oxygen atoms in total. The van der Waals surface area contributed by atoms with E-state index in [4.69, 9.17) is 13.3 Å². The molecule has 1 amide bonds. The second-order valence-electron chi connectivity index (χ2n) is 19.1. The third-order valence-electron chi connectivity index (χ3n) is 9.71. The van der Waals surface area contributed by atoms with Crippen molar-refractivity contribution in [2.24, 2.45) is 0 Å². The fourth-order valence-corrected chi connectivity index (χ4v) is 9.98. The Morgan fingerprint density at radius 3 is 1.17 bits per heavy atom. The monoisotopic (exact) mass is 798 g/mol. The van der Waals surface area contributed by atoms with E-state index in [-0.39, 0.29) is 12.0 Å². The lowest BCUT2D eigenvalue weighted by atomic mass is 10.0. The zero-order chi connectivity index (χ0) is 39.9. The molecule has 53 heavy (non-hydrogen) atoms. The van der Waals surface area contributed by atoms with Gasteiger partial charge in [0.1, 0.15) is 18.4 Å². The minimum absolute atomic E-state index is 0.0380. The number of unbranched alkanes of at least 4 members (excludes halogenated alkanes) is 25. The van der Waals surface area contributed by atoms with Crippen LogP contribution in [-0.2, 0) is 18.1 Å². The number of rotatable bonds is 38. The molecule has 8 heteroatoms.